The first-order chi connectivity index (χ1) is 16.9. The summed E-state index contributed by atoms with van der Waals surface area (Å²) in [6, 6.07) is 24.0. The van der Waals surface area contributed by atoms with Crippen molar-refractivity contribution in [3.63, 3.8) is 0 Å². The monoisotopic (exact) mass is 494 g/mol. The average molecular weight is 495 g/mol. The first-order valence-corrected chi connectivity index (χ1v) is 13.5. The van der Waals surface area contributed by atoms with E-state index >= 15 is 0 Å². The summed E-state index contributed by atoms with van der Waals surface area (Å²) in [7, 11) is -3.97. The van der Waals surface area contributed by atoms with Gasteiger partial charge in [-0.2, -0.15) is 4.31 Å². The second kappa shape index (κ2) is 11.6. The van der Waals surface area contributed by atoms with E-state index < -0.39 is 15.8 Å². The smallest absolute Gasteiger partial charge is 0.243 e. The van der Waals surface area contributed by atoms with Gasteiger partial charge in [-0.1, -0.05) is 79.9 Å². The number of carbonyl (C=O) groups excluding carboxylic acids is 1. The predicted molar refractivity (Wildman–Crippen MR) is 134 cm³/mol. The van der Waals surface area contributed by atoms with Gasteiger partial charge in [0.15, 0.2) is 0 Å². The summed E-state index contributed by atoms with van der Waals surface area (Å²) >= 11 is 0. The minimum Gasteiger partial charge on any atom is -0.333 e. The lowest BCUT2D eigenvalue weighted by Crippen LogP contribution is -2.47. The van der Waals surface area contributed by atoms with Gasteiger partial charge >= 0.3 is 0 Å². The summed E-state index contributed by atoms with van der Waals surface area (Å²) in [6.07, 6.45) is 4.33. The van der Waals surface area contributed by atoms with Gasteiger partial charge in [-0.05, 0) is 48.2 Å². The Labute approximate surface area is 207 Å². The maximum absolute atomic E-state index is 13.7. The highest BCUT2D eigenvalue weighted by molar-refractivity contribution is 7.89. The molecule has 1 fully saturated rings. The Bertz CT molecular complexity index is 1150. The Morgan fingerprint density at radius 2 is 1.29 bits per heavy atom. The van der Waals surface area contributed by atoms with Gasteiger partial charge in [-0.3, -0.25) is 4.79 Å². The van der Waals surface area contributed by atoms with E-state index in [1.807, 2.05) is 60.7 Å². The number of sulfonamides is 1. The van der Waals surface area contributed by atoms with Crippen LogP contribution in [0.3, 0.4) is 0 Å². The molecule has 184 valence electrons. The van der Waals surface area contributed by atoms with Crippen molar-refractivity contribution in [2.24, 2.45) is 0 Å². The van der Waals surface area contributed by atoms with Crippen molar-refractivity contribution in [2.45, 2.75) is 56.1 Å². The normalized spacial score (nSPS) is 14.7. The van der Waals surface area contributed by atoms with Crippen molar-refractivity contribution in [1.82, 2.24) is 9.21 Å². The maximum atomic E-state index is 13.7. The van der Waals surface area contributed by atoms with Crippen LogP contribution in [0.5, 0.6) is 0 Å². The first kappa shape index (κ1) is 25.1. The minimum atomic E-state index is -3.97. The fraction of sp³-hybridized carbons (Fsp3) is 0.321. The zero-order valence-electron chi connectivity index (χ0n) is 19.7. The van der Waals surface area contributed by atoms with Crippen molar-refractivity contribution in [3.8, 4) is 0 Å². The molecule has 0 spiro atoms. The van der Waals surface area contributed by atoms with E-state index in [1.165, 1.54) is 16.4 Å². The molecule has 5 nitrogen and oxygen atoms in total. The van der Waals surface area contributed by atoms with Crippen LogP contribution in [0.1, 0.15) is 43.2 Å². The predicted octanol–water partition coefficient (Wildman–Crippen LogP) is 5.38. The summed E-state index contributed by atoms with van der Waals surface area (Å²) in [5, 5.41) is 0. The van der Waals surface area contributed by atoms with Crippen molar-refractivity contribution in [3.05, 3.63) is 102 Å². The van der Waals surface area contributed by atoms with Crippen LogP contribution in [0.15, 0.2) is 89.8 Å². The van der Waals surface area contributed by atoms with Crippen LogP contribution in [0.4, 0.5) is 4.39 Å². The lowest BCUT2D eigenvalue weighted by atomic mass is 9.95. The van der Waals surface area contributed by atoms with E-state index in [0.29, 0.717) is 25.9 Å². The highest BCUT2D eigenvalue weighted by Gasteiger charge is 2.35. The summed E-state index contributed by atoms with van der Waals surface area (Å²) in [5.74, 6) is -0.755. The van der Waals surface area contributed by atoms with Crippen LogP contribution in [0.25, 0.3) is 0 Å². The van der Waals surface area contributed by atoms with Crippen molar-refractivity contribution < 1.29 is 17.6 Å². The second-order valence-electron chi connectivity index (χ2n) is 9.02. The Balaban J connectivity index is 1.63. The zero-order chi connectivity index (χ0) is 24.7. The average Bonchev–Trinajstić information content (AvgIpc) is 2.88. The van der Waals surface area contributed by atoms with Crippen LogP contribution in [0, 0.1) is 5.82 Å². The topological polar surface area (TPSA) is 57.7 Å². The van der Waals surface area contributed by atoms with E-state index in [9.17, 15) is 17.6 Å². The maximum Gasteiger partial charge on any atom is 0.243 e. The third-order valence-corrected chi connectivity index (χ3v) is 8.39. The largest absolute Gasteiger partial charge is 0.333 e. The van der Waals surface area contributed by atoms with Gasteiger partial charge in [0.1, 0.15) is 5.82 Å². The van der Waals surface area contributed by atoms with Crippen LogP contribution in [-0.4, -0.2) is 36.1 Å². The molecule has 0 saturated heterocycles. The Kier molecular flexibility index (Phi) is 8.31. The van der Waals surface area contributed by atoms with Gasteiger partial charge in [0.05, 0.1) is 11.4 Å². The standard InChI is InChI=1S/C28H31FN2O3S/c29-25-16-18-27(19-17-25)35(33,34)31(26-14-8-3-9-15-26)22-28(32)30(20-23-10-4-1-5-11-23)21-24-12-6-2-7-13-24/h1-2,4-7,10-13,16-19,26H,3,8-9,14-15,20-22H2. The fourth-order valence-electron chi connectivity index (χ4n) is 4.59. The van der Waals surface area contributed by atoms with Crippen molar-refractivity contribution in [2.75, 3.05) is 6.54 Å². The summed E-state index contributed by atoms with van der Waals surface area (Å²) in [5.41, 5.74) is 1.95. The molecular formula is C28H31FN2O3S. The molecular weight excluding hydrogens is 463 g/mol. The van der Waals surface area contributed by atoms with Crippen molar-refractivity contribution in [1.29, 1.82) is 0 Å². The molecule has 4 rings (SSSR count). The molecule has 3 aromatic rings. The molecule has 0 atom stereocenters. The van der Waals surface area contributed by atoms with E-state index in [1.54, 1.807) is 4.90 Å². The number of hydrogen-bond acceptors (Lipinski definition) is 3. The SMILES string of the molecule is O=C(CN(C1CCCCC1)S(=O)(=O)c1ccc(F)cc1)N(Cc1ccccc1)Cc1ccccc1. The van der Waals surface area contributed by atoms with E-state index in [4.69, 9.17) is 0 Å². The van der Waals surface area contributed by atoms with Gasteiger partial charge in [0, 0.05) is 19.1 Å². The molecule has 1 saturated carbocycles. The highest BCUT2D eigenvalue weighted by atomic mass is 32.2. The molecule has 0 radical (unpaired) electrons. The molecule has 1 aliphatic carbocycles. The lowest BCUT2D eigenvalue weighted by Gasteiger charge is -2.34. The number of nitrogens with zero attached hydrogens (tertiary/aromatic N) is 2. The molecule has 35 heavy (non-hydrogen) atoms. The Morgan fingerprint density at radius 3 is 1.80 bits per heavy atom. The Morgan fingerprint density at radius 1 is 0.771 bits per heavy atom. The first-order valence-electron chi connectivity index (χ1n) is 12.1. The number of halogens is 1. The third-order valence-electron chi connectivity index (χ3n) is 6.48. The number of benzene rings is 3. The molecule has 3 aromatic carbocycles. The molecule has 0 aromatic heterocycles. The molecule has 7 heteroatoms. The van der Waals surface area contributed by atoms with Gasteiger partial charge in [0.2, 0.25) is 15.9 Å². The molecule has 0 bridgehead atoms. The van der Waals surface area contributed by atoms with Crippen LogP contribution in [0.2, 0.25) is 0 Å². The third kappa shape index (κ3) is 6.55. The fourth-order valence-corrected chi connectivity index (χ4v) is 6.23. The van der Waals surface area contributed by atoms with Crippen LogP contribution in [-0.2, 0) is 27.9 Å². The van der Waals surface area contributed by atoms with Crippen molar-refractivity contribution >= 4 is 15.9 Å². The zero-order valence-corrected chi connectivity index (χ0v) is 20.5. The number of rotatable bonds is 9. The van der Waals surface area contributed by atoms with Crippen LogP contribution >= 0.6 is 0 Å². The van der Waals surface area contributed by atoms with E-state index in [0.717, 1.165) is 42.5 Å². The van der Waals surface area contributed by atoms with Gasteiger partial charge in [-0.25, -0.2) is 12.8 Å². The number of carbonyl (C=O) groups is 1. The molecule has 0 unspecified atom stereocenters. The molecule has 0 aliphatic heterocycles. The molecule has 1 aliphatic rings. The molecule has 0 N–H and O–H groups in total. The Hall–Kier alpha value is -3.03. The summed E-state index contributed by atoms with van der Waals surface area (Å²) in [6.45, 7) is 0.511. The lowest BCUT2D eigenvalue weighted by molar-refractivity contribution is -0.133. The minimum absolute atomic E-state index is 0.00921. The molecule has 1 amide bonds. The quantitative estimate of drug-likeness (QED) is 0.401. The van der Waals surface area contributed by atoms with Gasteiger partial charge in [-0.15, -0.1) is 0 Å². The highest BCUT2D eigenvalue weighted by Crippen LogP contribution is 2.28. The van der Waals surface area contributed by atoms with Gasteiger partial charge in [0.25, 0.3) is 0 Å². The van der Waals surface area contributed by atoms with E-state index in [-0.39, 0.29) is 23.4 Å². The van der Waals surface area contributed by atoms with E-state index in [2.05, 4.69) is 0 Å². The van der Waals surface area contributed by atoms with Crippen LogP contribution < -0.4 is 0 Å². The molecule has 0 heterocycles. The second-order valence-corrected chi connectivity index (χ2v) is 10.9. The number of amides is 1. The summed E-state index contributed by atoms with van der Waals surface area (Å²) in [4.78, 5) is 15.4. The number of hydrogen-bond donors (Lipinski definition) is 0. The van der Waals surface area contributed by atoms with Gasteiger partial charge < -0.3 is 4.90 Å². The summed E-state index contributed by atoms with van der Waals surface area (Å²) < 4.78 is 42.1.